The fourth-order valence-electron chi connectivity index (χ4n) is 2.22. The van der Waals surface area contributed by atoms with E-state index in [1.54, 1.807) is 11.3 Å². The largest absolute Gasteiger partial charge is 0.370 e. The van der Waals surface area contributed by atoms with Gasteiger partial charge in [-0.2, -0.15) is 0 Å². The molecule has 3 aromatic rings. The van der Waals surface area contributed by atoms with Crippen LogP contribution in [0.4, 0.5) is 5.82 Å². The number of anilines is 1. The van der Waals surface area contributed by atoms with Crippen molar-refractivity contribution in [1.29, 1.82) is 0 Å². The molecule has 2 aromatic heterocycles. The van der Waals surface area contributed by atoms with Crippen molar-refractivity contribution in [3.8, 4) is 10.7 Å². The van der Waals surface area contributed by atoms with Crippen LogP contribution < -0.4 is 5.32 Å². The zero-order valence-electron chi connectivity index (χ0n) is 11.8. The molecule has 4 nitrogen and oxygen atoms in total. The molecule has 5 heteroatoms. The van der Waals surface area contributed by atoms with Crippen LogP contribution in [0.25, 0.3) is 21.6 Å². The van der Waals surface area contributed by atoms with Gasteiger partial charge < -0.3 is 5.32 Å². The number of para-hydroxylation sites is 1. The molecule has 2 heterocycles. The lowest BCUT2D eigenvalue weighted by Crippen LogP contribution is -2.02. The zero-order chi connectivity index (χ0) is 14.1. The Morgan fingerprint density at radius 3 is 2.60 bits per heavy atom. The summed E-state index contributed by atoms with van der Waals surface area (Å²) in [6, 6.07) is 8.07. The molecular formula is C15H16N4S. The van der Waals surface area contributed by atoms with Crippen LogP contribution in [0.3, 0.4) is 0 Å². The molecule has 0 aliphatic carbocycles. The van der Waals surface area contributed by atoms with Crippen LogP contribution in [0.1, 0.15) is 17.6 Å². The smallest absolute Gasteiger partial charge is 0.174 e. The molecule has 102 valence electrons. The minimum atomic E-state index is 0.753. The van der Waals surface area contributed by atoms with Gasteiger partial charge >= 0.3 is 0 Å². The lowest BCUT2D eigenvalue weighted by molar-refractivity contribution is 1.14. The molecule has 0 radical (unpaired) electrons. The van der Waals surface area contributed by atoms with Crippen LogP contribution in [-0.4, -0.2) is 21.5 Å². The molecule has 0 atom stereocenters. The maximum Gasteiger partial charge on any atom is 0.174 e. The van der Waals surface area contributed by atoms with Gasteiger partial charge in [-0.1, -0.05) is 12.1 Å². The van der Waals surface area contributed by atoms with Gasteiger partial charge in [0.2, 0.25) is 0 Å². The van der Waals surface area contributed by atoms with Crippen molar-refractivity contribution >= 4 is 28.1 Å². The van der Waals surface area contributed by atoms with Crippen molar-refractivity contribution < 1.29 is 0 Å². The average Bonchev–Trinajstić information content (AvgIpc) is 2.78. The molecule has 0 saturated carbocycles. The first-order chi connectivity index (χ1) is 9.69. The Morgan fingerprint density at radius 2 is 1.90 bits per heavy atom. The Bertz CT molecular complexity index is 764. The third-order valence-electron chi connectivity index (χ3n) is 3.05. The third kappa shape index (κ3) is 2.25. The molecule has 0 aliphatic rings. The maximum atomic E-state index is 4.68. The lowest BCUT2D eigenvalue weighted by atomic mass is 10.2. The molecule has 0 aliphatic heterocycles. The molecule has 20 heavy (non-hydrogen) atoms. The number of benzene rings is 1. The van der Waals surface area contributed by atoms with E-state index in [0.717, 1.165) is 44.7 Å². The highest BCUT2D eigenvalue weighted by Crippen LogP contribution is 2.30. The number of rotatable bonds is 3. The predicted molar refractivity (Wildman–Crippen MR) is 84.3 cm³/mol. The summed E-state index contributed by atoms with van der Waals surface area (Å²) in [5.74, 6) is 1.64. The SMILES string of the molecule is CCNc1nc(-c2sc(C)nc2C)nc2ccccc12. The van der Waals surface area contributed by atoms with E-state index in [2.05, 4.69) is 27.2 Å². The lowest BCUT2D eigenvalue weighted by Gasteiger charge is -2.08. The van der Waals surface area contributed by atoms with E-state index in [0.29, 0.717) is 0 Å². The van der Waals surface area contributed by atoms with E-state index < -0.39 is 0 Å². The highest BCUT2D eigenvalue weighted by Gasteiger charge is 2.13. The van der Waals surface area contributed by atoms with Crippen LogP contribution >= 0.6 is 11.3 Å². The van der Waals surface area contributed by atoms with Gasteiger partial charge in [0.15, 0.2) is 5.82 Å². The van der Waals surface area contributed by atoms with E-state index in [1.165, 1.54) is 0 Å². The molecule has 0 spiro atoms. The molecule has 0 unspecified atom stereocenters. The number of hydrogen-bond acceptors (Lipinski definition) is 5. The van der Waals surface area contributed by atoms with Gasteiger partial charge in [0, 0.05) is 11.9 Å². The highest BCUT2D eigenvalue weighted by molar-refractivity contribution is 7.15. The van der Waals surface area contributed by atoms with E-state index in [-0.39, 0.29) is 0 Å². The summed E-state index contributed by atoms with van der Waals surface area (Å²) < 4.78 is 0. The van der Waals surface area contributed by atoms with Gasteiger partial charge in [-0.25, -0.2) is 15.0 Å². The minimum Gasteiger partial charge on any atom is -0.370 e. The summed E-state index contributed by atoms with van der Waals surface area (Å²) in [5, 5.41) is 5.41. The maximum absolute atomic E-state index is 4.68. The van der Waals surface area contributed by atoms with Gasteiger partial charge in [0.25, 0.3) is 0 Å². The van der Waals surface area contributed by atoms with Crippen molar-refractivity contribution in [3.05, 3.63) is 35.0 Å². The molecule has 1 aromatic carbocycles. The fraction of sp³-hybridized carbons (Fsp3) is 0.267. The van der Waals surface area contributed by atoms with E-state index >= 15 is 0 Å². The van der Waals surface area contributed by atoms with Crippen LogP contribution in [-0.2, 0) is 0 Å². The van der Waals surface area contributed by atoms with Gasteiger partial charge in [-0.15, -0.1) is 11.3 Å². The molecule has 0 fully saturated rings. The number of nitrogens with one attached hydrogen (secondary N) is 1. The molecule has 0 amide bonds. The number of aromatic nitrogens is 3. The number of thiazole rings is 1. The standard InChI is InChI=1S/C15H16N4S/c1-4-16-14-11-7-5-6-8-12(11)18-15(19-14)13-9(2)17-10(3)20-13/h5-8H,4H2,1-3H3,(H,16,18,19). The fourth-order valence-corrected chi connectivity index (χ4v) is 3.07. The number of hydrogen-bond donors (Lipinski definition) is 1. The predicted octanol–water partition coefficient (Wildman–Crippen LogP) is 3.80. The quantitative estimate of drug-likeness (QED) is 0.794. The van der Waals surface area contributed by atoms with Crippen molar-refractivity contribution in [1.82, 2.24) is 15.0 Å². The Kier molecular flexibility index (Phi) is 3.36. The Morgan fingerprint density at radius 1 is 1.10 bits per heavy atom. The summed E-state index contributed by atoms with van der Waals surface area (Å²) in [6.45, 7) is 6.91. The van der Waals surface area contributed by atoms with Gasteiger partial charge in [-0.05, 0) is 32.9 Å². The molecule has 1 N–H and O–H groups in total. The summed E-state index contributed by atoms with van der Waals surface area (Å²) in [4.78, 5) is 14.9. The summed E-state index contributed by atoms with van der Waals surface area (Å²) in [6.07, 6.45) is 0. The Labute approximate surface area is 121 Å². The van der Waals surface area contributed by atoms with Crippen molar-refractivity contribution in [2.45, 2.75) is 20.8 Å². The second kappa shape index (κ2) is 5.17. The van der Waals surface area contributed by atoms with Crippen LogP contribution in [0, 0.1) is 13.8 Å². The zero-order valence-corrected chi connectivity index (χ0v) is 12.6. The summed E-state index contributed by atoms with van der Waals surface area (Å²) in [5.41, 5.74) is 1.95. The van der Waals surface area contributed by atoms with E-state index in [1.807, 2.05) is 38.1 Å². The Hall–Kier alpha value is -2.01. The van der Waals surface area contributed by atoms with E-state index in [4.69, 9.17) is 0 Å². The summed E-state index contributed by atoms with van der Waals surface area (Å²) >= 11 is 1.64. The van der Waals surface area contributed by atoms with Gasteiger partial charge in [0.05, 0.1) is 21.1 Å². The van der Waals surface area contributed by atoms with Crippen LogP contribution in [0.5, 0.6) is 0 Å². The Balaban J connectivity index is 2.24. The molecule has 3 rings (SSSR count). The van der Waals surface area contributed by atoms with Gasteiger partial charge in [0.1, 0.15) is 5.82 Å². The van der Waals surface area contributed by atoms with Crippen LogP contribution in [0.15, 0.2) is 24.3 Å². The van der Waals surface area contributed by atoms with Crippen molar-refractivity contribution in [2.75, 3.05) is 11.9 Å². The third-order valence-corrected chi connectivity index (χ3v) is 4.12. The first-order valence-electron chi connectivity index (χ1n) is 6.64. The summed E-state index contributed by atoms with van der Waals surface area (Å²) in [7, 11) is 0. The van der Waals surface area contributed by atoms with Crippen LogP contribution in [0.2, 0.25) is 0 Å². The van der Waals surface area contributed by atoms with Crippen molar-refractivity contribution in [2.24, 2.45) is 0 Å². The molecule has 0 bridgehead atoms. The average molecular weight is 284 g/mol. The van der Waals surface area contributed by atoms with Crippen molar-refractivity contribution in [3.63, 3.8) is 0 Å². The number of fused-ring (bicyclic) bond motifs is 1. The molecule has 0 saturated heterocycles. The first kappa shape index (κ1) is 13.0. The monoisotopic (exact) mass is 284 g/mol. The number of nitrogens with zero attached hydrogens (tertiary/aromatic N) is 3. The first-order valence-corrected chi connectivity index (χ1v) is 7.45. The molecular weight excluding hydrogens is 268 g/mol. The van der Waals surface area contributed by atoms with E-state index in [9.17, 15) is 0 Å². The van der Waals surface area contributed by atoms with Gasteiger partial charge in [-0.3, -0.25) is 0 Å². The normalized spacial score (nSPS) is 10.9. The number of aryl methyl sites for hydroxylation is 2. The highest BCUT2D eigenvalue weighted by atomic mass is 32.1. The second-order valence-electron chi connectivity index (χ2n) is 4.59. The topological polar surface area (TPSA) is 50.7 Å². The minimum absolute atomic E-state index is 0.753. The second-order valence-corrected chi connectivity index (χ2v) is 5.79.